The first-order valence-corrected chi connectivity index (χ1v) is 3.23. The van der Waals surface area contributed by atoms with Gasteiger partial charge in [-0.1, -0.05) is 13.8 Å². The fraction of sp³-hybridized carbons (Fsp3) is 0.833. The Balaban J connectivity index is 0. The van der Waals surface area contributed by atoms with Crippen LogP contribution in [-0.2, 0) is 4.79 Å². The van der Waals surface area contributed by atoms with Crippen molar-refractivity contribution in [3.8, 4) is 0 Å². The molecule has 10 heavy (non-hydrogen) atoms. The van der Waals surface area contributed by atoms with Gasteiger partial charge in [-0.2, -0.15) is 0 Å². The summed E-state index contributed by atoms with van der Waals surface area (Å²) in [5.41, 5.74) is 0. The zero-order chi connectivity index (χ0) is 8.57. The van der Waals surface area contributed by atoms with E-state index in [1.165, 1.54) is 7.05 Å². The maximum atomic E-state index is 9.94. The normalized spacial score (nSPS) is 11.2. The summed E-state index contributed by atoms with van der Waals surface area (Å²) in [6.07, 6.45) is 0. The second-order valence-electron chi connectivity index (χ2n) is 1.36. The van der Waals surface area contributed by atoms with Crippen molar-refractivity contribution in [3.63, 3.8) is 0 Å². The molecule has 3 N–H and O–H groups in total. The zero-order valence-electron chi connectivity index (χ0n) is 6.59. The molecule has 0 aliphatic carbocycles. The van der Waals surface area contributed by atoms with Gasteiger partial charge in [-0.25, -0.2) is 0 Å². The Morgan fingerprint density at radius 3 is 2.00 bits per heavy atom. The first-order chi connectivity index (χ1) is 4.72. The molecular weight excluding hydrogens is 134 g/mol. The Labute approximate surface area is 60.9 Å². The van der Waals surface area contributed by atoms with E-state index in [4.69, 9.17) is 10.2 Å². The van der Waals surface area contributed by atoms with Gasteiger partial charge in [-0.05, 0) is 7.05 Å². The van der Waals surface area contributed by atoms with E-state index in [0.717, 1.165) is 0 Å². The second kappa shape index (κ2) is 8.39. The molecule has 0 aromatic heterocycles. The molecule has 62 valence electrons. The van der Waals surface area contributed by atoms with Gasteiger partial charge < -0.3 is 15.5 Å². The molecule has 0 fully saturated rings. The molecule has 4 nitrogen and oxygen atoms in total. The molecule has 0 spiro atoms. The van der Waals surface area contributed by atoms with E-state index in [9.17, 15) is 4.79 Å². The summed E-state index contributed by atoms with van der Waals surface area (Å²) in [4.78, 5) is 9.94. The van der Waals surface area contributed by atoms with Crippen LogP contribution in [0.4, 0.5) is 0 Å². The topological polar surface area (TPSA) is 69.6 Å². The van der Waals surface area contributed by atoms with Gasteiger partial charge in [0.25, 0.3) is 0 Å². The third-order valence-corrected chi connectivity index (χ3v) is 0.829. The summed E-state index contributed by atoms with van der Waals surface area (Å²) in [6.45, 7) is 3.63. The van der Waals surface area contributed by atoms with Crippen molar-refractivity contribution in [1.29, 1.82) is 0 Å². The highest BCUT2D eigenvalue weighted by atomic mass is 16.4. The van der Waals surface area contributed by atoms with Gasteiger partial charge in [0.15, 0.2) is 0 Å². The van der Waals surface area contributed by atoms with E-state index in [0.29, 0.717) is 0 Å². The average molecular weight is 149 g/mol. The van der Waals surface area contributed by atoms with Crippen LogP contribution in [0.1, 0.15) is 13.8 Å². The van der Waals surface area contributed by atoms with Crippen molar-refractivity contribution in [3.05, 3.63) is 0 Å². The number of carbonyl (C=O) groups is 1. The molecule has 0 heterocycles. The van der Waals surface area contributed by atoms with Gasteiger partial charge in [0.05, 0.1) is 6.61 Å². The van der Waals surface area contributed by atoms with Gasteiger partial charge >= 0.3 is 5.97 Å². The van der Waals surface area contributed by atoms with Crippen LogP contribution >= 0.6 is 0 Å². The predicted octanol–water partition coefficient (Wildman–Crippen LogP) is -0.323. The lowest BCUT2D eigenvalue weighted by molar-refractivity contribution is -0.140. The van der Waals surface area contributed by atoms with Crippen molar-refractivity contribution < 1.29 is 15.0 Å². The van der Waals surface area contributed by atoms with Crippen LogP contribution in [0.5, 0.6) is 0 Å². The summed E-state index contributed by atoms with van der Waals surface area (Å²) in [5, 5.41) is 18.8. The number of carboxylic acids is 1. The summed E-state index contributed by atoms with van der Waals surface area (Å²) in [6, 6.07) is -0.824. The van der Waals surface area contributed by atoms with E-state index in [-0.39, 0.29) is 6.61 Å². The molecule has 0 amide bonds. The SMILES string of the molecule is CC.CNC(CO)C(=O)O. The van der Waals surface area contributed by atoms with Crippen molar-refractivity contribution in [1.82, 2.24) is 5.32 Å². The monoisotopic (exact) mass is 149 g/mol. The zero-order valence-corrected chi connectivity index (χ0v) is 6.59. The quantitative estimate of drug-likeness (QED) is 0.514. The van der Waals surface area contributed by atoms with Gasteiger partial charge in [-0.15, -0.1) is 0 Å². The Bertz CT molecular complexity index is 81.1. The Kier molecular flexibility index (Phi) is 10.2. The molecule has 1 unspecified atom stereocenters. The summed E-state index contributed by atoms with van der Waals surface area (Å²) in [5.74, 6) is -1.03. The smallest absolute Gasteiger partial charge is 0.323 e. The highest BCUT2D eigenvalue weighted by Crippen LogP contribution is 1.76. The minimum absolute atomic E-state index is 0.369. The molecule has 1 atom stereocenters. The molecular formula is C6H15NO3. The highest BCUT2D eigenvalue weighted by Gasteiger charge is 2.11. The van der Waals surface area contributed by atoms with Gasteiger partial charge in [0.1, 0.15) is 6.04 Å². The molecule has 0 saturated heterocycles. The first kappa shape index (κ1) is 12.1. The van der Waals surface area contributed by atoms with Gasteiger partial charge in [0, 0.05) is 0 Å². The van der Waals surface area contributed by atoms with Crippen molar-refractivity contribution in [2.75, 3.05) is 13.7 Å². The number of aliphatic hydroxyl groups is 1. The van der Waals surface area contributed by atoms with Crippen LogP contribution in [0.15, 0.2) is 0 Å². The van der Waals surface area contributed by atoms with E-state index >= 15 is 0 Å². The number of hydrogen-bond acceptors (Lipinski definition) is 3. The van der Waals surface area contributed by atoms with E-state index in [1.807, 2.05) is 13.8 Å². The molecule has 0 aliphatic heterocycles. The largest absolute Gasteiger partial charge is 0.480 e. The second-order valence-corrected chi connectivity index (χ2v) is 1.36. The Hall–Kier alpha value is -0.610. The third-order valence-electron chi connectivity index (χ3n) is 0.829. The van der Waals surface area contributed by atoms with E-state index in [1.54, 1.807) is 0 Å². The van der Waals surface area contributed by atoms with Crippen molar-refractivity contribution >= 4 is 5.97 Å². The number of likely N-dealkylation sites (N-methyl/N-ethyl adjacent to an activating group) is 1. The van der Waals surface area contributed by atoms with Crippen molar-refractivity contribution in [2.24, 2.45) is 0 Å². The number of carboxylic acid groups (broad SMARTS) is 1. The van der Waals surface area contributed by atoms with E-state index in [2.05, 4.69) is 5.32 Å². The van der Waals surface area contributed by atoms with E-state index < -0.39 is 12.0 Å². The number of nitrogens with one attached hydrogen (secondary N) is 1. The molecule has 0 bridgehead atoms. The molecule has 0 aliphatic rings. The number of aliphatic hydroxyl groups excluding tert-OH is 1. The molecule has 0 aromatic carbocycles. The minimum Gasteiger partial charge on any atom is -0.480 e. The third kappa shape index (κ3) is 5.53. The first-order valence-electron chi connectivity index (χ1n) is 3.23. The number of aliphatic carboxylic acids is 1. The standard InChI is InChI=1S/C4H9NO3.C2H6/c1-5-3(2-6)4(7)8;1-2/h3,5-6H,2H2,1H3,(H,7,8);1-2H3. The molecule has 0 radical (unpaired) electrons. The summed E-state index contributed by atoms with van der Waals surface area (Å²) >= 11 is 0. The number of rotatable bonds is 3. The highest BCUT2D eigenvalue weighted by molar-refractivity contribution is 5.73. The lowest BCUT2D eigenvalue weighted by Crippen LogP contribution is -2.36. The minimum atomic E-state index is -1.03. The van der Waals surface area contributed by atoms with Crippen LogP contribution in [0.3, 0.4) is 0 Å². The maximum Gasteiger partial charge on any atom is 0.323 e. The molecule has 4 heteroatoms. The Morgan fingerprint density at radius 1 is 1.60 bits per heavy atom. The molecule has 0 aromatic rings. The van der Waals surface area contributed by atoms with Crippen LogP contribution < -0.4 is 5.32 Å². The summed E-state index contributed by atoms with van der Waals surface area (Å²) < 4.78 is 0. The molecule has 0 saturated carbocycles. The van der Waals surface area contributed by atoms with Crippen LogP contribution in [-0.4, -0.2) is 35.9 Å². The average Bonchev–Trinajstić information content (AvgIpc) is 1.94. The van der Waals surface area contributed by atoms with Crippen LogP contribution in [0.25, 0.3) is 0 Å². The van der Waals surface area contributed by atoms with Gasteiger partial charge in [-0.3, -0.25) is 4.79 Å². The lowest BCUT2D eigenvalue weighted by Gasteiger charge is -2.04. The molecule has 0 rings (SSSR count). The fourth-order valence-corrected chi connectivity index (χ4v) is 0.293. The van der Waals surface area contributed by atoms with Crippen LogP contribution in [0, 0.1) is 0 Å². The number of hydrogen-bond donors (Lipinski definition) is 3. The Morgan fingerprint density at radius 2 is 2.00 bits per heavy atom. The van der Waals surface area contributed by atoms with Gasteiger partial charge in [0.2, 0.25) is 0 Å². The lowest BCUT2D eigenvalue weighted by atomic mass is 10.3. The summed E-state index contributed by atoms with van der Waals surface area (Å²) in [7, 11) is 1.48. The predicted molar refractivity (Wildman–Crippen MR) is 38.9 cm³/mol. The van der Waals surface area contributed by atoms with Crippen molar-refractivity contribution in [2.45, 2.75) is 19.9 Å². The fourth-order valence-electron chi connectivity index (χ4n) is 0.293. The van der Waals surface area contributed by atoms with Crippen LogP contribution in [0.2, 0.25) is 0 Å². The maximum absolute atomic E-state index is 9.94.